The average Bonchev–Trinajstić information content (AvgIpc) is 2.98. The van der Waals surface area contributed by atoms with E-state index in [4.69, 9.17) is 4.52 Å². The van der Waals surface area contributed by atoms with Gasteiger partial charge < -0.3 is 4.52 Å². The second-order valence-electron chi connectivity index (χ2n) is 5.93. The number of halogens is 2. The van der Waals surface area contributed by atoms with Crippen LogP contribution in [0.15, 0.2) is 16.9 Å². The van der Waals surface area contributed by atoms with Crippen LogP contribution in [0.25, 0.3) is 11.6 Å². The molecule has 0 aliphatic carbocycles. The molecule has 8 heteroatoms. The van der Waals surface area contributed by atoms with Crippen LogP contribution in [0.3, 0.4) is 0 Å². The molecule has 1 saturated heterocycles. The Morgan fingerprint density at radius 3 is 2.57 bits per heavy atom. The van der Waals surface area contributed by atoms with Gasteiger partial charge >= 0.3 is 0 Å². The zero-order valence-corrected chi connectivity index (χ0v) is 13.0. The summed E-state index contributed by atoms with van der Waals surface area (Å²) in [7, 11) is 0. The van der Waals surface area contributed by atoms with E-state index in [-0.39, 0.29) is 6.54 Å². The second kappa shape index (κ2) is 7.08. The summed E-state index contributed by atoms with van der Waals surface area (Å²) in [4.78, 5) is 14.5. The van der Waals surface area contributed by atoms with Crippen LogP contribution in [0.4, 0.5) is 8.78 Å². The third kappa shape index (κ3) is 4.28. The van der Waals surface area contributed by atoms with Crippen molar-refractivity contribution >= 4 is 0 Å². The Morgan fingerprint density at radius 2 is 1.91 bits per heavy atom. The van der Waals surface area contributed by atoms with E-state index in [2.05, 4.69) is 20.1 Å². The first-order valence-electron chi connectivity index (χ1n) is 7.72. The minimum absolute atomic E-state index is 0.137. The molecule has 1 aliphatic heterocycles. The summed E-state index contributed by atoms with van der Waals surface area (Å²) in [6.45, 7) is 3.15. The molecule has 0 aromatic carbocycles. The lowest BCUT2D eigenvalue weighted by Gasteiger charge is -2.30. The van der Waals surface area contributed by atoms with Gasteiger partial charge in [-0.2, -0.15) is 4.98 Å². The lowest BCUT2D eigenvalue weighted by atomic mass is 9.93. The Labute approximate surface area is 132 Å². The van der Waals surface area contributed by atoms with Crippen LogP contribution in [0.5, 0.6) is 0 Å². The summed E-state index contributed by atoms with van der Waals surface area (Å²) >= 11 is 0. The van der Waals surface area contributed by atoms with Crippen molar-refractivity contribution in [2.24, 2.45) is 5.92 Å². The normalized spacial score (nSPS) is 17.0. The van der Waals surface area contributed by atoms with E-state index in [1.54, 1.807) is 17.3 Å². The Balaban J connectivity index is 1.55. The van der Waals surface area contributed by atoms with Crippen LogP contribution in [0.1, 0.15) is 24.3 Å². The molecule has 1 fully saturated rings. The molecule has 3 rings (SSSR count). The Kier molecular flexibility index (Phi) is 4.90. The minimum Gasteiger partial charge on any atom is -0.339 e. The zero-order valence-electron chi connectivity index (χ0n) is 13.0. The molecule has 0 atom stereocenters. The van der Waals surface area contributed by atoms with Crippen molar-refractivity contribution in [1.29, 1.82) is 0 Å². The van der Waals surface area contributed by atoms with Crippen LogP contribution in [0, 0.1) is 12.8 Å². The maximum atomic E-state index is 12.4. The van der Waals surface area contributed by atoms with E-state index in [0.717, 1.165) is 18.4 Å². The van der Waals surface area contributed by atoms with Crippen molar-refractivity contribution in [3.05, 3.63) is 23.8 Å². The molecule has 1 aliphatic rings. The predicted molar refractivity (Wildman–Crippen MR) is 78.9 cm³/mol. The van der Waals surface area contributed by atoms with Crippen molar-refractivity contribution in [3.8, 4) is 11.6 Å². The van der Waals surface area contributed by atoms with Crippen LogP contribution < -0.4 is 0 Å². The number of piperidine rings is 1. The standard InChI is InChI=1S/C15H19F2N5O/c1-10-7-18-14(19-8-10)15-20-13(23-21-15)6-11-2-4-22(5-3-11)9-12(16)17/h7-8,11-12H,2-6,9H2,1H3. The third-order valence-corrected chi connectivity index (χ3v) is 4.02. The molecule has 0 unspecified atom stereocenters. The summed E-state index contributed by atoms with van der Waals surface area (Å²) in [5.41, 5.74) is 0.966. The van der Waals surface area contributed by atoms with Crippen LogP contribution in [-0.2, 0) is 6.42 Å². The van der Waals surface area contributed by atoms with Crippen LogP contribution >= 0.6 is 0 Å². The summed E-state index contributed by atoms with van der Waals surface area (Å²) in [6.07, 6.45) is 3.55. The number of aromatic nitrogens is 4. The van der Waals surface area contributed by atoms with Crippen LogP contribution in [-0.4, -0.2) is 51.1 Å². The molecular weight excluding hydrogens is 304 g/mol. The summed E-state index contributed by atoms with van der Waals surface area (Å²) in [5, 5.41) is 3.92. The van der Waals surface area contributed by atoms with Gasteiger partial charge in [0, 0.05) is 18.8 Å². The lowest BCUT2D eigenvalue weighted by molar-refractivity contribution is 0.0681. The van der Waals surface area contributed by atoms with Crippen LogP contribution in [0.2, 0.25) is 0 Å². The quantitative estimate of drug-likeness (QED) is 0.841. The highest BCUT2D eigenvalue weighted by Crippen LogP contribution is 2.22. The van der Waals surface area contributed by atoms with Gasteiger partial charge in [0.1, 0.15) is 0 Å². The second-order valence-corrected chi connectivity index (χ2v) is 5.93. The predicted octanol–water partition coefficient (Wildman–Crippen LogP) is 2.35. The van der Waals surface area contributed by atoms with E-state index in [9.17, 15) is 8.78 Å². The van der Waals surface area contributed by atoms with E-state index in [0.29, 0.717) is 43.0 Å². The SMILES string of the molecule is Cc1cnc(-c2noc(CC3CCN(CC(F)F)CC3)n2)nc1. The molecule has 2 aromatic heterocycles. The van der Waals surface area contributed by atoms with Gasteiger partial charge in [-0.15, -0.1) is 0 Å². The van der Waals surface area contributed by atoms with Crippen molar-refractivity contribution in [2.45, 2.75) is 32.6 Å². The molecule has 3 heterocycles. The molecule has 2 aromatic rings. The van der Waals surface area contributed by atoms with Gasteiger partial charge in [0.2, 0.25) is 17.5 Å². The monoisotopic (exact) mass is 323 g/mol. The third-order valence-electron chi connectivity index (χ3n) is 4.02. The van der Waals surface area contributed by atoms with E-state index >= 15 is 0 Å². The number of alkyl halides is 2. The molecule has 0 radical (unpaired) electrons. The molecule has 23 heavy (non-hydrogen) atoms. The first-order chi connectivity index (χ1) is 11.1. The smallest absolute Gasteiger partial charge is 0.251 e. The van der Waals surface area contributed by atoms with Gasteiger partial charge in [-0.1, -0.05) is 5.16 Å². The number of nitrogens with zero attached hydrogens (tertiary/aromatic N) is 5. The average molecular weight is 323 g/mol. The molecule has 0 spiro atoms. The molecule has 6 nitrogen and oxygen atoms in total. The van der Waals surface area contributed by atoms with Gasteiger partial charge in [0.25, 0.3) is 6.43 Å². The number of likely N-dealkylation sites (tertiary alicyclic amines) is 1. The fraction of sp³-hybridized carbons (Fsp3) is 0.600. The highest BCUT2D eigenvalue weighted by atomic mass is 19.3. The van der Waals surface area contributed by atoms with Gasteiger partial charge in [0.05, 0.1) is 6.54 Å². The summed E-state index contributed by atoms with van der Waals surface area (Å²) in [6, 6.07) is 0. The van der Waals surface area contributed by atoms with E-state index in [1.807, 2.05) is 6.92 Å². The first-order valence-corrected chi connectivity index (χ1v) is 7.72. The Bertz CT molecular complexity index is 623. The van der Waals surface area contributed by atoms with Crippen molar-refractivity contribution in [3.63, 3.8) is 0 Å². The Hall–Kier alpha value is -1.96. The molecule has 0 bridgehead atoms. The summed E-state index contributed by atoms with van der Waals surface area (Å²) < 4.78 is 30.0. The largest absolute Gasteiger partial charge is 0.339 e. The lowest BCUT2D eigenvalue weighted by Crippen LogP contribution is -2.37. The highest BCUT2D eigenvalue weighted by Gasteiger charge is 2.23. The van der Waals surface area contributed by atoms with E-state index in [1.165, 1.54) is 0 Å². The van der Waals surface area contributed by atoms with Gasteiger partial charge in [0.15, 0.2) is 0 Å². The number of rotatable bonds is 5. The number of aryl methyl sites for hydroxylation is 1. The molecule has 0 amide bonds. The van der Waals surface area contributed by atoms with Crippen molar-refractivity contribution in [2.75, 3.05) is 19.6 Å². The van der Waals surface area contributed by atoms with Gasteiger partial charge in [-0.05, 0) is 44.3 Å². The number of hydrogen-bond acceptors (Lipinski definition) is 6. The van der Waals surface area contributed by atoms with Crippen molar-refractivity contribution in [1.82, 2.24) is 25.0 Å². The first kappa shape index (κ1) is 15.9. The Morgan fingerprint density at radius 1 is 1.22 bits per heavy atom. The molecular formula is C15H19F2N5O. The maximum Gasteiger partial charge on any atom is 0.251 e. The highest BCUT2D eigenvalue weighted by molar-refractivity contribution is 5.40. The fourth-order valence-corrected chi connectivity index (χ4v) is 2.75. The molecule has 0 N–H and O–H groups in total. The maximum absolute atomic E-state index is 12.4. The number of hydrogen-bond donors (Lipinski definition) is 0. The summed E-state index contributed by atoms with van der Waals surface area (Å²) in [5.74, 6) is 1.76. The topological polar surface area (TPSA) is 67.9 Å². The van der Waals surface area contributed by atoms with Gasteiger partial charge in [-0.3, -0.25) is 4.90 Å². The zero-order chi connectivity index (χ0) is 16.2. The minimum atomic E-state index is -2.26. The van der Waals surface area contributed by atoms with Gasteiger partial charge in [-0.25, -0.2) is 18.7 Å². The molecule has 0 saturated carbocycles. The van der Waals surface area contributed by atoms with E-state index < -0.39 is 6.43 Å². The fourth-order valence-electron chi connectivity index (χ4n) is 2.75. The van der Waals surface area contributed by atoms with Crippen molar-refractivity contribution < 1.29 is 13.3 Å². The molecule has 124 valence electrons.